The Hall–Kier alpha value is -2.49. The lowest BCUT2D eigenvalue weighted by Gasteiger charge is -2.19. The molecule has 3 heterocycles. The summed E-state index contributed by atoms with van der Waals surface area (Å²) in [5, 5.41) is 0. The van der Waals surface area contributed by atoms with Crippen molar-refractivity contribution < 1.29 is 4.42 Å². The minimum atomic E-state index is 0.414. The Labute approximate surface area is 129 Å². The second-order valence-corrected chi connectivity index (χ2v) is 5.80. The largest absolute Gasteiger partial charge is 0.440 e. The smallest absolute Gasteiger partial charge is 0.245 e. The molecule has 1 aliphatic carbocycles. The zero-order valence-corrected chi connectivity index (χ0v) is 12.5. The van der Waals surface area contributed by atoms with Gasteiger partial charge in [-0.25, -0.2) is 4.98 Å². The molecule has 0 N–H and O–H groups in total. The molecule has 1 atom stereocenters. The number of nitrogens with zero attached hydrogens (tertiary/aromatic N) is 3. The fourth-order valence-corrected chi connectivity index (χ4v) is 3.01. The third-order valence-electron chi connectivity index (χ3n) is 4.18. The van der Waals surface area contributed by atoms with E-state index in [0.717, 1.165) is 42.1 Å². The molecule has 0 radical (unpaired) electrons. The van der Waals surface area contributed by atoms with Crippen LogP contribution < -0.4 is 0 Å². The number of rotatable bonds is 2. The standard InChI is InChI=1S/C18H17N3O/c1-12-7-9-20-16(10-12)13-5-6-14-17(11-13)22-18(21-14)15-4-2-3-8-19-15/h2-4,7-10,13H,5-6,11H2,1H3. The molecule has 22 heavy (non-hydrogen) atoms. The Kier molecular flexibility index (Phi) is 3.22. The highest BCUT2D eigenvalue weighted by Gasteiger charge is 2.26. The van der Waals surface area contributed by atoms with Gasteiger partial charge in [-0.05, 0) is 49.6 Å². The van der Waals surface area contributed by atoms with Gasteiger partial charge in [-0.1, -0.05) is 6.07 Å². The van der Waals surface area contributed by atoms with Crippen molar-refractivity contribution in [3.8, 4) is 11.6 Å². The summed E-state index contributed by atoms with van der Waals surface area (Å²) in [7, 11) is 0. The molecule has 0 aromatic carbocycles. The second-order valence-electron chi connectivity index (χ2n) is 5.80. The molecule has 0 saturated heterocycles. The highest BCUT2D eigenvalue weighted by molar-refractivity contribution is 5.47. The van der Waals surface area contributed by atoms with E-state index in [-0.39, 0.29) is 0 Å². The number of hydrogen-bond donors (Lipinski definition) is 0. The molecule has 110 valence electrons. The third kappa shape index (κ3) is 2.41. The molecule has 4 heteroatoms. The fraction of sp³-hybridized carbons (Fsp3) is 0.278. The van der Waals surface area contributed by atoms with Crippen molar-refractivity contribution in [3.05, 3.63) is 65.4 Å². The van der Waals surface area contributed by atoms with Crippen LogP contribution in [-0.2, 0) is 12.8 Å². The molecule has 3 aromatic heterocycles. The maximum absolute atomic E-state index is 5.97. The Morgan fingerprint density at radius 2 is 2.09 bits per heavy atom. The molecule has 0 aliphatic heterocycles. The van der Waals surface area contributed by atoms with Crippen LogP contribution in [0.3, 0.4) is 0 Å². The van der Waals surface area contributed by atoms with E-state index in [4.69, 9.17) is 4.42 Å². The highest BCUT2D eigenvalue weighted by atomic mass is 16.4. The van der Waals surface area contributed by atoms with Crippen molar-refractivity contribution in [1.82, 2.24) is 15.0 Å². The summed E-state index contributed by atoms with van der Waals surface area (Å²) in [6, 6.07) is 9.98. The Morgan fingerprint density at radius 1 is 1.14 bits per heavy atom. The van der Waals surface area contributed by atoms with Crippen molar-refractivity contribution in [1.29, 1.82) is 0 Å². The summed E-state index contributed by atoms with van der Waals surface area (Å²) in [6.07, 6.45) is 6.52. The summed E-state index contributed by atoms with van der Waals surface area (Å²) < 4.78 is 5.97. The maximum Gasteiger partial charge on any atom is 0.245 e. The van der Waals surface area contributed by atoms with E-state index in [1.54, 1.807) is 6.20 Å². The van der Waals surface area contributed by atoms with E-state index >= 15 is 0 Å². The Balaban J connectivity index is 1.63. The van der Waals surface area contributed by atoms with Gasteiger partial charge < -0.3 is 4.42 Å². The van der Waals surface area contributed by atoms with Gasteiger partial charge in [-0.2, -0.15) is 0 Å². The van der Waals surface area contributed by atoms with E-state index in [9.17, 15) is 0 Å². The molecular weight excluding hydrogens is 274 g/mol. The first-order valence-corrected chi connectivity index (χ1v) is 7.62. The van der Waals surface area contributed by atoms with Crippen LogP contribution in [0.1, 0.15) is 35.1 Å². The highest BCUT2D eigenvalue weighted by Crippen LogP contribution is 2.34. The Morgan fingerprint density at radius 3 is 2.91 bits per heavy atom. The minimum Gasteiger partial charge on any atom is -0.440 e. The molecule has 0 saturated carbocycles. The average molecular weight is 291 g/mol. The quantitative estimate of drug-likeness (QED) is 0.722. The third-order valence-corrected chi connectivity index (χ3v) is 4.18. The lowest BCUT2D eigenvalue weighted by atomic mass is 9.87. The van der Waals surface area contributed by atoms with Crippen LogP contribution in [0.25, 0.3) is 11.6 Å². The van der Waals surface area contributed by atoms with E-state index in [1.807, 2.05) is 30.5 Å². The van der Waals surface area contributed by atoms with Gasteiger partial charge in [0.15, 0.2) is 0 Å². The van der Waals surface area contributed by atoms with E-state index in [1.165, 1.54) is 5.56 Å². The van der Waals surface area contributed by atoms with Gasteiger partial charge in [0.1, 0.15) is 11.5 Å². The zero-order chi connectivity index (χ0) is 14.9. The normalized spacial score (nSPS) is 17.2. The van der Waals surface area contributed by atoms with Crippen molar-refractivity contribution >= 4 is 0 Å². The monoisotopic (exact) mass is 291 g/mol. The van der Waals surface area contributed by atoms with Crippen LogP contribution in [0.5, 0.6) is 0 Å². The number of oxazole rings is 1. The number of pyridine rings is 2. The van der Waals surface area contributed by atoms with Crippen molar-refractivity contribution in [2.45, 2.75) is 32.1 Å². The summed E-state index contributed by atoms with van der Waals surface area (Å²) in [6.45, 7) is 2.10. The fourth-order valence-electron chi connectivity index (χ4n) is 3.01. The molecule has 1 aliphatic rings. The zero-order valence-electron chi connectivity index (χ0n) is 12.5. The van der Waals surface area contributed by atoms with Crippen LogP contribution in [-0.4, -0.2) is 15.0 Å². The van der Waals surface area contributed by atoms with Crippen LogP contribution in [0.15, 0.2) is 47.1 Å². The molecule has 0 fully saturated rings. The first kappa shape index (κ1) is 13.2. The minimum absolute atomic E-state index is 0.414. The van der Waals surface area contributed by atoms with Gasteiger partial charge in [0, 0.05) is 30.4 Å². The Bertz CT molecular complexity index is 795. The predicted octanol–water partition coefficient (Wildman–Crippen LogP) is 3.71. The van der Waals surface area contributed by atoms with Crippen molar-refractivity contribution in [3.63, 3.8) is 0 Å². The molecule has 0 amide bonds. The van der Waals surface area contributed by atoms with Gasteiger partial charge in [0.05, 0.1) is 5.69 Å². The van der Waals surface area contributed by atoms with Gasteiger partial charge in [-0.3, -0.25) is 9.97 Å². The predicted molar refractivity (Wildman–Crippen MR) is 83.5 cm³/mol. The molecule has 0 spiro atoms. The van der Waals surface area contributed by atoms with Crippen LogP contribution in [0.4, 0.5) is 0 Å². The lowest BCUT2D eigenvalue weighted by molar-refractivity contribution is 0.453. The number of fused-ring (bicyclic) bond motifs is 1. The van der Waals surface area contributed by atoms with Crippen LogP contribution in [0.2, 0.25) is 0 Å². The topological polar surface area (TPSA) is 51.8 Å². The van der Waals surface area contributed by atoms with Gasteiger partial charge in [-0.15, -0.1) is 0 Å². The van der Waals surface area contributed by atoms with Crippen molar-refractivity contribution in [2.75, 3.05) is 0 Å². The SMILES string of the molecule is Cc1ccnc(C2CCc3nc(-c4ccccn4)oc3C2)c1. The average Bonchev–Trinajstić information content (AvgIpc) is 2.99. The summed E-state index contributed by atoms with van der Waals surface area (Å²) >= 11 is 0. The van der Waals surface area contributed by atoms with Crippen LogP contribution >= 0.6 is 0 Å². The van der Waals surface area contributed by atoms with Crippen molar-refractivity contribution in [2.24, 2.45) is 0 Å². The molecule has 3 aromatic rings. The summed E-state index contributed by atoms with van der Waals surface area (Å²) in [5.74, 6) is 2.03. The summed E-state index contributed by atoms with van der Waals surface area (Å²) in [4.78, 5) is 13.5. The summed E-state index contributed by atoms with van der Waals surface area (Å²) in [5.41, 5.74) is 4.27. The number of aryl methyl sites for hydroxylation is 2. The lowest BCUT2D eigenvalue weighted by Crippen LogP contribution is -2.13. The number of hydrogen-bond acceptors (Lipinski definition) is 4. The van der Waals surface area contributed by atoms with E-state index < -0.39 is 0 Å². The molecule has 1 unspecified atom stereocenters. The van der Waals surface area contributed by atoms with Crippen LogP contribution in [0, 0.1) is 6.92 Å². The number of aromatic nitrogens is 3. The molecular formula is C18H17N3O. The first-order valence-electron chi connectivity index (χ1n) is 7.62. The van der Waals surface area contributed by atoms with E-state index in [0.29, 0.717) is 11.8 Å². The van der Waals surface area contributed by atoms with Gasteiger partial charge >= 0.3 is 0 Å². The maximum atomic E-state index is 5.97. The van der Waals surface area contributed by atoms with Gasteiger partial charge in [0.2, 0.25) is 5.89 Å². The van der Waals surface area contributed by atoms with Gasteiger partial charge in [0.25, 0.3) is 0 Å². The first-order chi connectivity index (χ1) is 10.8. The second kappa shape index (κ2) is 5.37. The van der Waals surface area contributed by atoms with E-state index in [2.05, 4.69) is 27.9 Å². The molecule has 4 rings (SSSR count). The molecule has 0 bridgehead atoms. The molecule has 4 nitrogen and oxygen atoms in total.